The average Bonchev–Trinajstić information content (AvgIpc) is 3.15. The first-order valence-corrected chi connectivity index (χ1v) is 12.9. The molecule has 5 rings (SSSR count). The van der Waals surface area contributed by atoms with Crippen LogP contribution in [0.3, 0.4) is 0 Å². The van der Waals surface area contributed by atoms with Gasteiger partial charge in [-0.15, -0.1) is 0 Å². The SMILES string of the molecule is CC(C)CCC[C@H](C)[C@@H]1CC[C@@H]2[C@@H]3C[C@H](O)[C@]45C[C@H]4CC[C@]5(C)[C@@H]3CC[C@]21C. The summed E-state index contributed by atoms with van der Waals surface area (Å²) < 4.78 is 0. The first-order chi connectivity index (χ1) is 13.2. The molecule has 5 aliphatic carbocycles. The fourth-order valence-corrected chi connectivity index (χ4v) is 10.3. The summed E-state index contributed by atoms with van der Waals surface area (Å²) in [5, 5.41) is 11.3. The molecule has 0 saturated heterocycles. The van der Waals surface area contributed by atoms with Crippen LogP contribution < -0.4 is 0 Å². The van der Waals surface area contributed by atoms with Crippen molar-refractivity contribution in [3.63, 3.8) is 0 Å². The average molecular weight is 387 g/mol. The number of aliphatic hydroxyl groups excluding tert-OH is 1. The highest BCUT2D eigenvalue weighted by molar-refractivity contribution is 5.25. The van der Waals surface area contributed by atoms with Crippen molar-refractivity contribution in [1.82, 2.24) is 0 Å². The first kappa shape index (κ1) is 19.9. The molecule has 0 bridgehead atoms. The third-order valence-electron chi connectivity index (χ3n) is 11.8. The van der Waals surface area contributed by atoms with Crippen molar-refractivity contribution in [3.8, 4) is 0 Å². The van der Waals surface area contributed by atoms with Crippen molar-refractivity contribution < 1.29 is 5.11 Å². The zero-order chi connectivity index (χ0) is 19.9. The summed E-state index contributed by atoms with van der Waals surface area (Å²) in [7, 11) is 0. The van der Waals surface area contributed by atoms with Crippen LogP contribution in [0.4, 0.5) is 0 Å². The van der Waals surface area contributed by atoms with Gasteiger partial charge < -0.3 is 5.11 Å². The van der Waals surface area contributed by atoms with E-state index < -0.39 is 0 Å². The van der Waals surface area contributed by atoms with Gasteiger partial charge in [0.25, 0.3) is 0 Å². The highest BCUT2D eigenvalue weighted by atomic mass is 16.3. The Labute approximate surface area is 174 Å². The molecule has 0 amide bonds. The van der Waals surface area contributed by atoms with Crippen LogP contribution in [-0.4, -0.2) is 11.2 Å². The van der Waals surface area contributed by atoms with E-state index in [1.807, 2.05) is 0 Å². The Morgan fingerprint density at radius 1 is 0.929 bits per heavy atom. The molecule has 1 nitrogen and oxygen atoms in total. The molecule has 5 aliphatic rings. The second kappa shape index (κ2) is 6.48. The number of hydrogen-bond acceptors (Lipinski definition) is 1. The number of fused-ring (bicyclic) bond motifs is 4. The van der Waals surface area contributed by atoms with Crippen LogP contribution in [0, 0.1) is 57.7 Å². The van der Waals surface area contributed by atoms with E-state index in [1.165, 1.54) is 64.2 Å². The van der Waals surface area contributed by atoms with Crippen molar-refractivity contribution in [3.05, 3.63) is 0 Å². The third-order valence-corrected chi connectivity index (χ3v) is 11.8. The molecule has 1 spiro atoms. The topological polar surface area (TPSA) is 20.2 Å². The van der Waals surface area contributed by atoms with Crippen LogP contribution in [0.2, 0.25) is 0 Å². The summed E-state index contributed by atoms with van der Waals surface area (Å²) in [4.78, 5) is 0. The molecule has 0 aliphatic heterocycles. The molecule has 0 heterocycles. The number of rotatable bonds is 5. The van der Waals surface area contributed by atoms with E-state index in [0.717, 1.165) is 47.8 Å². The van der Waals surface area contributed by atoms with Gasteiger partial charge in [-0.1, -0.05) is 53.9 Å². The van der Waals surface area contributed by atoms with Gasteiger partial charge in [0.2, 0.25) is 0 Å². The molecule has 0 aromatic carbocycles. The largest absolute Gasteiger partial charge is 0.393 e. The lowest BCUT2D eigenvalue weighted by Gasteiger charge is -2.60. The molecule has 1 N–H and O–H groups in total. The van der Waals surface area contributed by atoms with Gasteiger partial charge in [-0.2, -0.15) is 0 Å². The Balaban J connectivity index is 1.34. The number of aliphatic hydroxyl groups is 1. The summed E-state index contributed by atoms with van der Waals surface area (Å²) >= 11 is 0. The quantitative estimate of drug-likeness (QED) is 0.535. The molecule has 0 aromatic heterocycles. The summed E-state index contributed by atoms with van der Waals surface area (Å²) in [6, 6.07) is 0. The first-order valence-electron chi connectivity index (χ1n) is 12.9. The van der Waals surface area contributed by atoms with Gasteiger partial charge in [0.15, 0.2) is 0 Å². The molecule has 1 heteroatoms. The standard InChI is InChI=1S/C27H46O/c1-17(2)7-6-8-18(3)21-9-10-22-20-15-24(28)27-16-19(27)11-14-26(27,5)23(20)12-13-25(21,22)4/h17-24,28H,6-16H2,1-5H3/t18-,19+,20-,21-,22+,23+,24-,25-,26+,27-/m0/s1. The zero-order valence-electron chi connectivity index (χ0n) is 19.3. The van der Waals surface area contributed by atoms with Crippen molar-refractivity contribution >= 4 is 0 Å². The van der Waals surface area contributed by atoms with E-state index in [-0.39, 0.29) is 6.10 Å². The maximum atomic E-state index is 11.3. The van der Waals surface area contributed by atoms with Crippen LogP contribution >= 0.6 is 0 Å². The lowest BCUT2D eigenvalue weighted by atomic mass is 9.45. The Kier molecular flexibility index (Phi) is 4.60. The Bertz CT molecular complexity index is 611. The Hall–Kier alpha value is -0.0400. The molecular formula is C27H46O. The van der Waals surface area contributed by atoms with Crippen LogP contribution in [-0.2, 0) is 0 Å². The van der Waals surface area contributed by atoms with Crippen LogP contribution in [0.15, 0.2) is 0 Å². The van der Waals surface area contributed by atoms with Gasteiger partial charge in [-0.25, -0.2) is 0 Å². The third kappa shape index (κ3) is 2.47. The second-order valence-corrected chi connectivity index (χ2v) is 13.1. The van der Waals surface area contributed by atoms with Crippen LogP contribution in [0.5, 0.6) is 0 Å². The monoisotopic (exact) mass is 386 g/mol. The summed E-state index contributed by atoms with van der Waals surface area (Å²) in [6.07, 6.45) is 15.4. The lowest BCUT2D eigenvalue weighted by molar-refractivity contribution is -0.152. The van der Waals surface area contributed by atoms with E-state index in [9.17, 15) is 5.11 Å². The second-order valence-electron chi connectivity index (χ2n) is 13.1. The van der Waals surface area contributed by atoms with Crippen molar-refractivity contribution in [2.45, 2.75) is 111 Å². The molecule has 28 heavy (non-hydrogen) atoms. The molecule has 160 valence electrons. The predicted molar refractivity (Wildman–Crippen MR) is 117 cm³/mol. The summed E-state index contributed by atoms with van der Waals surface area (Å²) in [5.74, 6) is 6.17. The van der Waals surface area contributed by atoms with E-state index in [4.69, 9.17) is 0 Å². The smallest absolute Gasteiger partial charge is 0.0607 e. The van der Waals surface area contributed by atoms with Crippen molar-refractivity contribution in [2.24, 2.45) is 57.7 Å². The van der Waals surface area contributed by atoms with Crippen LogP contribution in [0.1, 0.15) is 105 Å². The maximum Gasteiger partial charge on any atom is 0.0607 e. The van der Waals surface area contributed by atoms with Crippen molar-refractivity contribution in [2.75, 3.05) is 0 Å². The van der Waals surface area contributed by atoms with E-state index in [1.54, 1.807) is 0 Å². The summed E-state index contributed by atoms with van der Waals surface area (Å²) in [5.41, 5.74) is 1.37. The molecular weight excluding hydrogens is 340 g/mol. The highest BCUT2D eigenvalue weighted by Gasteiger charge is 2.77. The van der Waals surface area contributed by atoms with Gasteiger partial charge in [-0.3, -0.25) is 0 Å². The Morgan fingerprint density at radius 2 is 1.71 bits per heavy atom. The normalized spacial score (nSPS) is 55.4. The van der Waals surface area contributed by atoms with Crippen molar-refractivity contribution in [1.29, 1.82) is 0 Å². The fourth-order valence-electron chi connectivity index (χ4n) is 10.3. The molecule has 0 unspecified atom stereocenters. The van der Waals surface area contributed by atoms with Gasteiger partial charge in [0.05, 0.1) is 6.10 Å². The lowest BCUT2D eigenvalue weighted by Crippen LogP contribution is -2.56. The van der Waals surface area contributed by atoms with Gasteiger partial charge in [0.1, 0.15) is 0 Å². The zero-order valence-corrected chi connectivity index (χ0v) is 19.3. The van der Waals surface area contributed by atoms with Gasteiger partial charge in [0, 0.05) is 5.41 Å². The highest BCUT2D eigenvalue weighted by Crippen LogP contribution is 2.81. The minimum absolute atomic E-state index is 0.0103. The maximum absolute atomic E-state index is 11.3. The van der Waals surface area contributed by atoms with E-state index in [0.29, 0.717) is 16.2 Å². The Morgan fingerprint density at radius 3 is 2.43 bits per heavy atom. The van der Waals surface area contributed by atoms with E-state index >= 15 is 0 Å². The molecule has 10 atom stereocenters. The molecule has 5 fully saturated rings. The molecule has 0 radical (unpaired) electrons. The molecule has 5 saturated carbocycles. The van der Waals surface area contributed by atoms with Gasteiger partial charge in [-0.05, 0) is 104 Å². The molecule has 0 aromatic rings. The minimum Gasteiger partial charge on any atom is -0.393 e. The predicted octanol–water partition coefficient (Wildman–Crippen LogP) is 7.08. The number of hydrogen-bond donors (Lipinski definition) is 1. The van der Waals surface area contributed by atoms with Gasteiger partial charge >= 0.3 is 0 Å². The fraction of sp³-hybridized carbons (Fsp3) is 1.00. The minimum atomic E-state index is 0.0103. The summed E-state index contributed by atoms with van der Waals surface area (Å²) in [6.45, 7) is 12.6. The van der Waals surface area contributed by atoms with Crippen LogP contribution in [0.25, 0.3) is 0 Å². The van der Waals surface area contributed by atoms with E-state index in [2.05, 4.69) is 34.6 Å².